The molecule has 0 saturated carbocycles. The molecule has 0 radical (unpaired) electrons. The summed E-state index contributed by atoms with van der Waals surface area (Å²) in [5, 5.41) is 8.70. The number of hydrogen-bond acceptors (Lipinski definition) is 4. The number of hydrogen-bond donors (Lipinski definition) is 0. The first-order valence-electron chi connectivity index (χ1n) is 8.46. The molecule has 134 valence electrons. The summed E-state index contributed by atoms with van der Waals surface area (Å²) < 4.78 is 5.42. The van der Waals surface area contributed by atoms with E-state index in [0.717, 1.165) is 5.56 Å². The van der Waals surface area contributed by atoms with Crippen LogP contribution < -0.4 is 0 Å². The summed E-state index contributed by atoms with van der Waals surface area (Å²) in [5.41, 5.74) is 0.955. The minimum absolute atomic E-state index is 0.0563. The van der Waals surface area contributed by atoms with E-state index in [2.05, 4.69) is 6.07 Å². The van der Waals surface area contributed by atoms with Gasteiger partial charge < -0.3 is 14.5 Å². The Balaban J connectivity index is 1.99. The van der Waals surface area contributed by atoms with Crippen LogP contribution in [0, 0.1) is 11.3 Å². The highest BCUT2D eigenvalue weighted by Crippen LogP contribution is 2.17. The second-order valence-corrected chi connectivity index (χ2v) is 7.31. The molecule has 0 bridgehead atoms. The average Bonchev–Trinajstić information content (AvgIpc) is 2.53. The molecular formula is C19H25N3O3. The van der Waals surface area contributed by atoms with E-state index < -0.39 is 5.60 Å². The SMILES string of the molecule is C[C@@H]1CN(C(=O)c2ccc(CC#N)cc2)CCN1C(=O)OC(C)(C)C. The largest absolute Gasteiger partial charge is 0.444 e. The number of carbonyl (C=O) groups excluding carboxylic acids is 2. The van der Waals surface area contributed by atoms with Crippen LogP contribution in [0.3, 0.4) is 0 Å². The molecule has 1 aliphatic rings. The second-order valence-electron chi connectivity index (χ2n) is 7.31. The molecule has 0 aliphatic carbocycles. The first-order valence-corrected chi connectivity index (χ1v) is 8.46. The highest BCUT2D eigenvalue weighted by atomic mass is 16.6. The second kappa shape index (κ2) is 7.56. The fourth-order valence-electron chi connectivity index (χ4n) is 2.77. The van der Waals surface area contributed by atoms with Crippen molar-refractivity contribution >= 4 is 12.0 Å². The van der Waals surface area contributed by atoms with Crippen LogP contribution in [-0.2, 0) is 11.2 Å². The van der Waals surface area contributed by atoms with E-state index in [4.69, 9.17) is 10.00 Å². The number of carbonyl (C=O) groups is 2. The Kier molecular flexibility index (Phi) is 5.68. The van der Waals surface area contributed by atoms with Crippen molar-refractivity contribution in [2.24, 2.45) is 0 Å². The van der Waals surface area contributed by atoms with E-state index in [1.165, 1.54) is 0 Å². The van der Waals surface area contributed by atoms with Gasteiger partial charge >= 0.3 is 6.09 Å². The summed E-state index contributed by atoms with van der Waals surface area (Å²) in [6.45, 7) is 8.83. The third-order valence-electron chi connectivity index (χ3n) is 4.03. The van der Waals surface area contributed by atoms with Crippen molar-refractivity contribution in [1.29, 1.82) is 5.26 Å². The lowest BCUT2D eigenvalue weighted by atomic mass is 10.1. The predicted molar refractivity (Wildman–Crippen MR) is 94.1 cm³/mol. The van der Waals surface area contributed by atoms with Crippen LogP contribution in [0.1, 0.15) is 43.6 Å². The van der Waals surface area contributed by atoms with Crippen LogP contribution in [0.4, 0.5) is 4.79 Å². The first kappa shape index (κ1) is 18.8. The third kappa shape index (κ3) is 4.96. The summed E-state index contributed by atoms with van der Waals surface area (Å²) in [4.78, 5) is 28.3. The molecule has 1 aromatic carbocycles. The fraction of sp³-hybridized carbons (Fsp3) is 0.526. The van der Waals surface area contributed by atoms with Gasteiger partial charge in [0.05, 0.1) is 12.5 Å². The van der Waals surface area contributed by atoms with Gasteiger partial charge in [0, 0.05) is 31.2 Å². The van der Waals surface area contributed by atoms with Crippen LogP contribution in [0.2, 0.25) is 0 Å². The zero-order valence-corrected chi connectivity index (χ0v) is 15.3. The van der Waals surface area contributed by atoms with Crippen molar-refractivity contribution < 1.29 is 14.3 Å². The molecule has 1 aliphatic heterocycles. The number of amides is 2. The van der Waals surface area contributed by atoms with E-state index >= 15 is 0 Å². The minimum Gasteiger partial charge on any atom is -0.444 e. The van der Waals surface area contributed by atoms with Gasteiger partial charge in [0.2, 0.25) is 0 Å². The van der Waals surface area contributed by atoms with E-state index in [1.54, 1.807) is 34.1 Å². The number of ether oxygens (including phenoxy) is 1. The number of nitrogens with zero attached hydrogens (tertiary/aromatic N) is 3. The Bertz CT molecular complexity index is 671. The van der Waals surface area contributed by atoms with Gasteiger partial charge in [-0.2, -0.15) is 5.26 Å². The zero-order valence-electron chi connectivity index (χ0n) is 15.3. The summed E-state index contributed by atoms with van der Waals surface area (Å²) in [7, 11) is 0. The zero-order chi connectivity index (χ0) is 18.6. The van der Waals surface area contributed by atoms with Crippen LogP contribution in [-0.4, -0.2) is 53.1 Å². The Morgan fingerprint density at radius 1 is 1.24 bits per heavy atom. The Morgan fingerprint density at radius 3 is 2.40 bits per heavy atom. The summed E-state index contributed by atoms with van der Waals surface area (Å²) in [6.07, 6.45) is -0.00646. The lowest BCUT2D eigenvalue weighted by Crippen LogP contribution is -2.56. The molecule has 1 heterocycles. The molecule has 1 aromatic rings. The predicted octanol–water partition coefficient (Wildman–Crippen LogP) is 2.83. The van der Waals surface area contributed by atoms with Crippen molar-refractivity contribution in [3.63, 3.8) is 0 Å². The monoisotopic (exact) mass is 343 g/mol. The third-order valence-corrected chi connectivity index (χ3v) is 4.03. The molecule has 0 unspecified atom stereocenters. The smallest absolute Gasteiger partial charge is 0.410 e. The van der Waals surface area contributed by atoms with E-state index in [1.807, 2.05) is 27.7 Å². The van der Waals surface area contributed by atoms with Crippen LogP contribution in [0.5, 0.6) is 0 Å². The van der Waals surface area contributed by atoms with Gasteiger partial charge in [0.15, 0.2) is 0 Å². The standard InChI is InChI=1S/C19H25N3O3/c1-14-13-21(11-12-22(14)18(24)25-19(2,3)4)17(23)16-7-5-15(6-8-16)9-10-20/h5-8,14H,9,11-13H2,1-4H3/t14-/m1/s1. The molecule has 6 nitrogen and oxygen atoms in total. The van der Waals surface area contributed by atoms with Crippen molar-refractivity contribution in [3.05, 3.63) is 35.4 Å². The molecule has 0 spiro atoms. The lowest BCUT2D eigenvalue weighted by molar-refractivity contribution is 0.00198. The fourth-order valence-corrected chi connectivity index (χ4v) is 2.77. The van der Waals surface area contributed by atoms with Crippen LogP contribution >= 0.6 is 0 Å². The van der Waals surface area contributed by atoms with Crippen molar-refractivity contribution in [1.82, 2.24) is 9.80 Å². The number of benzene rings is 1. The Hall–Kier alpha value is -2.55. The number of rotatable bonds is 2. The summed E-state index contributed by atoms with van der Waals surface area (Å²) in [5.74, 6) is -0.0563. The van der Waals surface area contributed by atoms with Gasteiger partial charge in [0.1, 0.15) is 5.60 Å². The maximum atomic E-state index is 12.6. The molecule has 2 amide bonds. The Labute approximate surface area is 149 Å². The molecule has 25 heavy (non-hydrogen) atoms. The number of nitriles is 1. The highest BCUT2D eigenvalue weighted by Gasteiger charge is 2.32. The van der Waals surface area contributed by atoms with E-state index in [0.29, 0.717) is 31.6 Å². The van der Waals surface area contributed by atoms with E-state index in [9.17, 15) is 9.59 Å². The average molecular weight is 343 g/mol. The molecular weight excluding hydrogens is 318 g/mol. The maximum absolute atomic E-state index is 12.6. The highest BCUT2D eigenvalue weighted by molar-refractivity contribution is 5.94. The van der Waals surface area contributed by atoms with Crippen LogP contribution in [0.15, 0.2) is 24.3 Å². The molecule has 1 saturated heterocycles. The molecule has 1 atom stereocenters. The first-order chi connectivity index (χ1) is 11.7. The van der Waals surface area contributed by atoms with Crippen LogP contribution in [0.25, 0.3) is 0 Å². The van der Waals surface area contributed by atoms with Crippen molar-refractivity contribution in [3.8, 4) is 6.07 Å². The lowest BCUT2D eigenvalue weighted by Gasteiger charge is -2.40. The summed E-state index contributed by atoms with van der Waals surface area (Å²) in [6, 6.07) is 9.09. The minimum atomic E-state index is -0.533. The number of piperazine rings is 1. The molecule has 1 fully saturated rings. The quantitative estimate of drug-likeness (QED) is 0.827. The summed E-state index contributed by atoms with van der Waals surface area (Å²) >= 11 is 0. The normalized spacial score (nSPS) is 17.8. The maximum Gasteiger partial charge on any atom is 0.410 e. The van der Waals surface area contributed by atoms with Gasteiger partial charge in [-0.3, -0.25) is 4.79 Å². The molecule has 0 N–H and O–H groups in total. The molecule has 2 rings (SSSR count). The van der Waals surface area contributed by atoms with Gasteiger partial charge in [-0.15, -0.1) is 0 Å². The molecule has 0 aromatic heterocycles. The molecule has 6 heteroatoms. The van der Waals surface area contributed by atoms with Gasteiger partial charge in [-0.05, 0) is 45.4 Å². The van der Waals surface area contributed by atoms with Gasteiger partial charge in [-0.1, -0.05) is 12.1 Å². The van der Waals surface area contributed by atoms with Gasteiger partial charge in [-0.25, -0.2) is 4.79 Å². The van der Waals surface area contributed by atoms with Crippen molar-refractivity contribution in [2.45, 2.75) is 45.8 Å². The van der Waals surface area contributed by atoms with E-state index in [-0.39, 0.29) is 18.0 Å². The topological polar surface area (TPSA) is 73.6 Å². The van der Waals surface area contributed by atoms with Crippen molar-refractivity contribution in [2.75, 3.05) is 19.6 Å². The van der Waals surface area contributed by atoms with Gasteiger partial charge in [0.25, 0.3) is 5.91 Å². The Morgan fingerprint density at radius 2 is 1.88 bits per heavy atom.